The molecular weight excluding hydrogens is 246 g/mol. The molecule has 5 heteroatoms. The van der Waals surface area contributed by atoms with Gasteiger partial charge in [0.05, 0.1) is 17.7 Å². The largest absolute Gasteiger partial charge is 0.398 e. The number of rotatable bonds is 4. The van der Waals surface area contributed by atoms with E-state index in [1.54, 1.807) is 17.4 Å². The van der Waals surface area contributed by atoms with E-state index in [1.807, 2.05) is 35.0 Å². The summed E-state index contributed by atoms with van der Waals surface area (Å²) in [6.45, 7) is 2.24. The Labute approximate surface area is 110 Å². The highest BCUT2D eigenvalue weighted by Gasteiger charge is 2.09. The molecule has 0 spiro atoms. The summed E-state index contributed by atoms with van der Waals surface area (Å²) < 4.78 is 0. The smallest absolute Gasteiger partial charge is 0.161 e. The van der Waals surface area contributed by atoms with E-state index in [9.17, 15) is 4.79 Å². The van der Waals surface area contributed by atoms with Crippen molar-refractivity contribution in [3.8, 4) is 0 Å². The van der Waals surface area contributed by atoms with Gasteiger partial charge in [0.1, 0.15) is 0 Å². The van der Waals surface area contributed by atoms with Crippen LogP contribution >= 0.6 is 11.3 Å². The summed E-state index contributed by atoms with van der Waals surface area (Å²) in [6.07, 6.45) is 0. The topological polar surface area (TPSA) is 59.2 Å². The van der Waals surface area contributed by atoms with Crippen LogP contribution in [0.2, 0.25) is 0 Å². The predicted octanol–water partition coefficient (Wildman–Crippen LogP) is 2.56. The highest BCUT2D eigenvalue weighted by atomic mass is 32.1. The fourth-order valence-corrected chi connectivity index (χ4v) is 2.29. The predicted molar refractivity (Wildman–Crippen MR) is 75.1 cm³/mol. The molecule has 0 unspecified atom stereocenters. The van der Waals surface area contributed by atoms with Gasteiger partial charge in [0.15, 0.2) is 5.78 Å². The number of nitrogens with zero attached hydrogens (tertiary/aromatic N) is 2. The minimum Gasteiger partial charge on any atom is -0.398 e. The lowest BCUT2D eigenvalue weighted by Gasteiger charge is -2.19. The summed E-state index contributed by atoms with van der Waals surface area (Å²) in [4.78, 5) is 17.7. The van der Waals surface area contributed by atoms with Crippen LogP contribution in [0.1, 0.15) is 23.0 Å². The van der Waals surface area contributed by atoms with E-state index in [0.717, 1.165) is 11.4 Å². The lowest BCUT2D eigenvalue weighted by atomic mass is 10.1. The first-order chi connectivity index (χ1) is 8.58. The van der Waals surface area contributed by atoms with Crippen molar-refractivity contribution in [3.05, 3.63) is 40.3 Å². The Hall–Kier alpha value is -1.88. The van der Waals surface area contributed by atoms with Crippen molar-refractivity contribution in [2.45, 2.75) is 13.5 Å². The summed E-state index contributed by atoms with van der Waals surface area (Å²) in [7, 11) is 1.97. The number of aromatic nitrogens is 1. The van der Waals surface area contributed by atoms with Crippen LogP contribution in [0.4, 0.5) is 11.4 Å². The van der Waals surface area contributed by atoms with Gasteiger partial charge < -0.3 is 10.6 Å². The molecule has 18 heavy (non-hydrogen) atoms. The molecule has 0 aliphatic rings. The molecular formula is C13H15N3OS. The van der Waals surface area contributed by atoms with E-state index in [4.69, 9.17) is 5.73 Å². The van der Waals surface area contributed by atoms with Crippen LogP contribution in [-0.2, 0) is 6.54 Å². The maximum atomic E-state index is 11.4. The Morgan fingerprint density at radius 2 is 2.28 bits per heavy atom. The standard InChI is InChI=1S/C13H15N3OS/c1-9(17)12-5-11(3-4-13(12)14)16(2)6-10-7-18-8-15-10/h3-5,7-8H,6,14H2,1-2H3. The zero-order chi connectivity index (χ0) is 13.1. The fourth-order valence-electron chi connectivity index (χ4n) is 1.74. The number of Topliss-reactive ketones (excluding diaryl/α,β-unsaturated/α-hetero) is 1. The Kier molecular flexibility index (Phi) is 3.62. The first-order valence-electron chi connectivity index (χ1n) is 5.56. The minimum atomic E-state index is -0.0172. The van der Waals surface area contributed by atoms with E-state index in [-0.39, 0.29) is 5.78 Å². The third kappa shape index (κ3) is 2.68. The lowest BCUT2D eigenvalue weighted by Crippen LogP contribution is -2.17. The molecule has 0 bridgehead atoms. The number of hydrogen-bond donors (Lipinski definition) is 1. The first kappa shape index (κ1) is 12.6. The monoisotopic (exact) mass is 261 g/mol. The third-order valence-electron chi connectivity index (χ3n) is 2.74. The molecule has 0 radical (unpaired) electrons. The van der Waals surface area contributed by atoms with E-state index < -0.39 is 0 Å². The summed E-state index contributed by atoms with van der Waals surface area (Å²) in [5, 5.41) is 2.01. The molecule has 0 saturated heterocycles. The lowest BCUT2D eigenvalue weighted by molar-refractivity contribution is 0.101. The van der Waals surface area contributed by atoms with Gasteiger partial charge in [-0.1, -0.05) is 0 Å². The van der Waals surface area contributed by atoms with Crippen LogP contribution in [-0.4, -0.2) is 17.8 Å². The van der Waals surface area contributed by atoms with Crippen molar-refractivity contribution in [2.75, 3.05) is 17.7 Å². The molecule has 0 fully saturated rings. The average Bonchev–Trinajstić information content (AvgIpc) is 2.81. The number of hydrogen-bond acceptors (Lipinski definition) is 5. The average molecular weight is 261 g/mol. The van der Waals surface area contributed by atoms with E-state index in [0.29, 0.717) is 17.8 Å². The molecule has 0 atom stereocenters. The van der Waals surface area contributed by atoms with Crippen molar-refractivity contribution >= 4 is 28.5 Å². The second-order valence-electron chi connectivity index (χ2n) is 4.16. The normalized spacial score (nSPS) is 10.3. The van der Waals surface area contributed by atoms with Gasteiger partial charge in [0.2, 0.25) is 0 Å². The van der Waals surface area contributed by atoms with E-state index in [1.165, 1.54) is 6.92 Å². The minimum absolute atomic E-state index is 0.0172. The van der Waals surface area contributed by atoms with Crippen LogP contribution in [0.15, 0.2) is 29.1 Å². The van der Waals surface area contributed by atoms with Gasteiger partial charge in [0.25, 0.3) is 0 Å². The molecule has 4 nitrogen and oxygen atoms in total. The molecule has 0 aliphatic carbocycles. The third-order valence-corrected chi connectivity index (χ3v) is 3.37. The zero-order valence-electron chi connectivity index (χ0n) is 10.4. The van der Waals surface area contributed by atoms with Gasteiger partial charge >= 0.3 is 0 Å². The number of nitrogen functional groups attached to an aromatic ring is 1. The number of carbonyl (C=O) groups excluding carboxylic acids is 1. The summed E-state index contributed by atoms with van der Waals surface area (Å²) in [5.74, 6) is -0.0172. The second kappa shape index (κ2) is 5.18. The molecule has 2 N–H and O–H groups in total. The van der Waals surface area contributed by atoms with Crippen LogP contribution in [0.25, 0.3) is 0 Å². The van der Waals surface area contributed by atoms with Crippen molar-refractivity contribution in [1.29, 1.82) is 0 Å². The van der Waals surface area contributed by atoms with Crippen LogP contribution in [0.3, 0.4) is 0 Å². The quantitative estimate of drug-likeness (QED) is 0.679. The maximum absolute atomic E-state index is 11.4. The van der Waals surface area contributed by atoms with Crippen molar-refractivity contribution in [2.24, 2.45) is 0 Å². The van der Waals surface area contributed by atoms with Crippen LogP contribution in [0, 0.1) is 0 Å². The zero-order valence-corrected chi connectivity index (χ0v) is 11.2. The number of benzene rings is 1. The summed E-state index contributed by atoms with van der Waals surface area (Å²) >= 11 is 1.58. The van der Waals surface area contributed by atoms with Gasteiger partial charge in [-0.15, -0.1) is 11.3 Å². The molecule has 0 saturated carbocycles. The Morgan fingerprint density at radius 3 is 2.89 bits per heavy atom. The first-order valence-corrected chi connectivity index (χ1v) is 6.51. The maximum Gasteiger partial charge on any atom is 0.161 e. The fraction of sp³-hybridized carbons (Fsp3) is 0.231. The Balaban J connectivity index is 2.22. The molecule has 2 rings (SSSR count). The number of anilines is 2. The number of ketones is 1. The molecule has 94 valence electrons. The molecule has 1 aromatic heterocycles. The summed E-state index contributed by atoms with van der Waals surface area (Å²) in [5.41, 5.74) is 10.7. The van der Waals surface area contributed by atoms with E-state index >= 15 is 0 Å². The van der Waals surface area contributed by atoms with Crippen LogP contribution in [0.5, 0.6) is 0 Å². The number of thiazole rings is 1. The van der Waals surface area contributed by atoms with Gasteiger partial charge in [-0.3, -0.25) is 4.79 Å². The highest BCUT2D eigenvalue weighted by molar-refractivity contribution is 7.07. The Morgan fingerprint density at radius 1 is 1.50 bits per heavy atom. The summed E-state index contributed by atoms with van der Waals surface area (Å²) in [6, 6.07) is 5.50. The van der Waals surface area contributed by atoms with Gasteiger partial charge in [-0.25, -0.2) is 4.98 Å². The van der Waals surface area contributed by atoms with Crippen molar-refractivity contribution in [1.82, 2.24) is 4.98 Å². The SMILES string of the molecule is CC(=O)c1cc(N(C)Cc2cscn2)ccc1N. The second-order valence-corrected chi connectivity index (χ2v) is 4.88. The van der Waals surface area contributed by atoms with Gasteiger partial charge in [-0.05, 0) is 25.1 Å². The molecule has 1 heterocycles. The van der Waals surface area contributed by atoms with E-state index in [2.05, 4.69) is 4.98 Å². The van der Waals surface area contributed by atoms with Crippen LogP contribution < -0.4 is 10.6 Å². The number of carbonyl (C=O) groups is 1. The molecule has 0 amide bonds. The highest BCUT2D eigenvalue weighted by Crippen LogP contribution is 2.22. The molecule has 2 aromatic rings. The van der Waals surface area contributed by atoms with Gasteiger partial charge in [0, 0.05) is 29.4 Å². The molecule has 1 aromatic carbocycles. The van der Waals surface area contributed by atoms with Crippen molar-refractivity contribution < 1.29 is 4.79 Å². The molecule has 0 aliphatic heterocycles. The van der Waals surface area contributed by atoms with Crippen molar-refractivity contribution in [3.63, 3.8) is 0 Å². The number of nitrogens with two attached hydrogens (primary N) is 1. The Bertz CT molecular complexity index is 551. The van der Waals surface area contributed by atoms with Gasteiger partial charge in [-0.2, -0.15) is 0 Å².